The number of ether oxygens (including phenoxy) is 2. The second kappa shape index (κ2) is 8.34. The first-order valence-corrected chi connectivity index (χ1v) is 9.10. The van der Waals surface area contributed by atoms with E-state index in [0.29, 0.717) is 0 Å². The number of anilines is 1. The van der Waals surface area contributed by atoms with Crippen LogP contribution in [0.25, 0.3) is 11.2 Å². The lowest BCUT2D eigenvalue weighted by atomic mass is 10.1. The molecule has 1 saturated heterocycles. The largest absolute Gasteiger partial charge is 0.458 e. The number of aromatic nitrogens is 4. The number of hydrogen-bond acceptors (Lipinski definition) is 11. The average Bonchev–Trinajstić information content (AvgIpc) is 3.15. The van der Waals surface area contributed by atoms with E-state index < -0.39 is 49.3 Å². The molecule has 4 N–H and O–H groups in total. The zero-order valence-corrected chi connectivity index (χ0v) is 16.7. The first-order valence-electron chi connectivity index (χ1n) is 8.73. The van der Waals surface area contributed by atoms with Crippen molar-refractivity contribution < 1.29 is 34.4 Å². The molecule has 2 aromatic rings. The van der Waals surface area contributed by atoms with Crippen LogP contribution in [-0.2, 0) is 19.1 Å². The number of rotatable bonds is 6. The molecule has 29 heavy (non-hydrogen) atoms. The number of hydrogen-bond donors (Lipinski definition) is 4. The molecular formula is C16H22ClN5O7. The number of carbonyl (C=O) groups is 1. The standard InChI is InChI=1S/C16H22ClN5O7/c1-16(2,3)29-8(24)5-27-21-12-9-13(20-15(17)19-12)22(6-18-9)14-11(26)10(25)7(4-23)28-14/h6-7,10-11,14,23,25-26H,4-5H2,1-3H3,(H,19,20,21)/t7-,10?,11?,14-/m1/s1. The maximum atomic E-state index is 11.7. The Bertz CT molecular complexity index is 886. The van der Waals surface area contributed by atoms with Gasteiger partial charge in [0.15, 0.2) is 29.8 Å². The van der Waals surface area contributed by atoms with Crippen LogP contribution in [0.15, 0.2) is 6.33 Å². The second-order valence-corrected chi connectivity index (χ2v) is 7.71. The maximum Gasteiger partial charge on any atom is 0.335 e. The van der Waals surface area contributed by atoms with Crippen molar-refractivity contribution in [1.82, 2.24) is 19.5 Å². The quantitative estimate of drug-likeness (QED) is 0.271. The Kier molecular flexibility index (Phi) is 6.22. The average molecular weight is 432 g/mol. The number of fused-ring (bicyclic) bond motifs is 1. The van der Waals surface area contributed by atoms with Crippen molar-refractivity contribution in [2.24, 2.45) is 0 Å². The molecule has 0 aliphatic carbocycles. The summed E-state index contributed by atoms with van der Waals surface area (Å²) in [7, 11) is 0. The van der Waals surface area contributed by atoms with E-state index in [9.17, 15) is 20.1 Å². The molecule has 0 bridgehead atoms. The minimum absolute atomic E-state index is 0.0778. The number of halogens is 1. The molecule has 0 aromatic carbocycles. The summed E-state index contributed by atoms with van der Waals surface area (Å²) in [6.07, 6.45) is -3.30. The van der Waals surface area contributed by atoms with Gasteiger partial charge in [0.25, 0.3) is 0 Å². The predicted octanol–water partition coefficient (Wildman–Crippen LogP) is -0.224. The van der Waals surface area contributed by atoms with Gasteiger partial charge in [0.05, 0.1) is 12.9 Å². The lowest BCUT2D eigenvalue weighted by Gasteiger charge is -2.19. The van der Waals surface area contributed by atoms with Crippen LogP contribution in [0.5, 0.6) is 0 Å². The summed E-state index contributed by atoms with van der Waals surface area (Å²) in [5.74, 6) is -0.507. The molecule has 12 nitrogen and oxygen atoms in total. The van der Waals surface area contributed by atoms with E-state index in [1.54, 1.807) is 20.8 Å². The van der Waals surface area contributed by atoms with Gasteiger partial charge in [-0.2, -0.15) is 9.97 Å². The Morgan fingerprint density at radius 3 is 2.69 bits per heavy atom. The third-order valence-electron chi connectivity index (χ3n) is 3.96. The van der Waals surface area contributed by atoms with E-state index in [4.69, 9.17) is 25.9 Å². The summed E-state index contributed by atoms with van der Waals surface area (Å²) >= 11 is 5.97. The van der Waals surface area contributed by atoms with Crippen molar-refractivity contribution in [3.05, 3.63) is 11.6 Å². The summed E-state index contributed by atoms with van der Waals surface area (Å²) in [5, 5.41) is 29.3. The van der Waals surface area contributed by atoms with E-state index in [2.05, 4.69) is 20.4 Å². The maximum absolute atomic E-state index is 11.7. The van der Waals surface area contributed by atoms with Gasteiger partial charge in [-0.3, -0.25) is 9.40 Å². The molecule has 2 aromatic heterocycles. The molecule has 3 rings (SSSR count). The zero-order chi connectivity index (χ0) is 21.3. The van der Waals surface area contributed by atoms with Crippen LogP contribution >= 0.6 is 11.6 Å². The number of carbonyl (C=O) groups excluding carboxylic acids is 1. The van der Waals surface area contributed by atoms with Crippen molar-refractivity contribution in [3.63, 3.8) is 0 Å². The van der Waals surface area contributed by atoms with Crippen molar-refractivity contribution >= 4 is 34.6 Å². The Morgan fingerprint density at radius 1 is 1.34 bits per heavy atom. The van der Waals surface area contributed by atoms with Gasteiger partial charge in [0.2, 0.25) is 5.28 Å². The lowest BCUT2D eigenvalue weighted by molar-refractivity contribution is -0.159. The van der Waals surface area contributed by atoms with Crippen LogP contribution in [-0.4, -0.2) is 77.9 Å². The molecule has 0 saturated carbocycles. The number of imidazole rings is 1. The molecule has 4 atom stereocenters. The molecule has 1 aliphatic heterocycles. The summed E-state index contributed by atoms with van der Waals surface area (Å²) in [6.45, 7) is 4.34. The van der Waals surface area contributed by atoms with E-state index in [-0.39, 0.29) is 22.3 Å². The van der Waals surface area contributed by atoms with Crippen LogP contribution < -0.4 is 5.48 Å². The molecule has 0 radical (unpaired) electrons. The highest BCUT2D eigenvalue weighted by molar-refractivity contribution is 6.28. The van der Waals surface area contributed by atoms with Gasteiger partial charge in [-0.15, -0.1) is 0 Å². The summed E-state index contributed by atoms with van der Waals surface area (Å²) in [6, 6.07) is 0. The number of aliphatic hydroxyl groups excluding tert-OH is 3. The minimum atomic E-state index is -1.32. The van der Waals surface area contributed by atoms with E-state index in [1.807, 2.05) is 0 Å². The van der Waals surface area contributed by atoms with Gasteiger partial charge in [0.1, 0.15) is 23.9 Å². The fourth-order valence-electron chi connectivity index (χ4n) is 2.79. The molecule has 0 spiro atoms. The number of aliphatic hydroxyl groups is 3. The minimum Gasteiger partial charge on any atom is -0.458 e. The van der Waals surface area contributed by atoms with Crippen LogP contribution in [0.3, 0.4) is 0 Å². The van der Waals surface area contributed by atoms with Crippen molar-refractivity contribution in [2.75, 3.05) is 18.7 Å². The monoisotopic (exact) mass is 431 g/mol. The Hall–Kier alpha value is -2.09. The third kappa shape index (κ3) is 4.74. The van der Waals surface area contributed by atoms with Crippen LogP contribution in [0.1, 0.15) is 27.0 Å². The molecule has 1 aliphatic rings. The molecule has 13 heteroatoms. The highest BCUT2D eigenvalue weighted by Crippen LogP contribution is 2.32. The molecular weight excluding hydrogens is 410 g/mol. The summed E-state index contributed by atoms with van der Waals surface area (Å²) in [5.41, 5.74) is 2.24. The third-order valence-corrected chi connectivity index (χ3v) is 4.13. The predicted molar refractivity (Wildman–Crippen MR) is 98.8 cm³/mol. The zero-order valence-electron chi connectivity index (χ0n) is 15.9. The fraction of sp³-hybridized carbons (Fsp3) is 0.625. The van der Waals surface area contributed by atoms with E-state index in [1.165, 1.54) is 10.9 Å². The van der Waals surface area contributed by atoms with Crippen molar-refractivity contribution in [1.29, 1.82) is 0 Å². The van der Waals surface area contributed by atoms with E-state index >= 15 is 0 Å². The fourth-order valence-corrected chi connectivity index (χ4v) is 2.96. The smallest absolute Gasteiger partial charge is 0.335 e. The van der Waals surface area contributed by atoms with Crippen molar-refractivity contribution in [2.45, 2.75) is 50.9 Å². The Labute approximate surface area is 170 Å². The second-order valence-electron chi connectivity index (χ2n) is 7.37. The van der Waals surface area contributed by atoms with Gasteiger partial charge in [-0.1, -0.05) is 0 Å². The first-order chi connectivity index (χ1) is 13.6. The first kappa shape index (κ1) is 21.6. The number of esters is 1. The van der Waals surface area contributed by atoms with Crippen LogP contribution in [0.4, 0.5) is 5.82 Å². The Balaban J connectivity index is 1.78. The van der Waals surface area contributed by atoms with Gasteiger partial charge in [0, 0.05) is 0 Å². The molecule has 0 amide bonds. The molecule has 1 fully saturated rings. The molecule has 2 unspecified atom stereocenters. The normalized spacial score (nSPS) is 24.8. The van der Waals surface area contributed by atoms with Gasteiger partial charge in [-0.25, -0.2) is 15.3 Å². The highest BCUT2D eigenvalue weighted by Gasteiger charge is 2.44. The lowest BCUT2D eigenvalue weighted by Crippen LogP contribution is -2.33. The summed E-state index contributed by atoms with van der Waals surface area (Å²) < 4.78 is 12.0. The topological polar surface area (TPSA) is 161 Å². The number of nitrogens with zero attached hydrogens (tertiary/aromatic N) is 4. The van der Waals surface area contributed by atoms with Gasteiger partial charge >= 0.3 is 5.97 Å². The highest BCUT2D eigenvalue weighted by atomic mass is 35.5. The molecule has 160 valence electrons. The SMILES string of the molecule is CC(C)(C)OC(=O)CONc1nc(Cl)nc2c1ncn2[C@@H]1O[C@H](CO)C(O)C1O. The van der Waals surface area contributed by atoms with Gasteiger partial charge < -0.3 is 24.8 Å². The van der Waals surface area contributed by atoms with Gasteiger partial charge in [-0.05, 0) is 32.4 Å². The van der Waals surface area contributed by atoms with Crippen LogP contribution in [0.2, 0.25) is 5.28 Å². The van der Waals surface area contributed by atoms with Crippen molar-refractivity contribution in [3.8, 4) is 0 Å². The van der Waals surface area contributed by atoms with E-state index in [0.717, 1.165) is 0 Å². The number of nitrogens with one attached hydrogen (secondary N) is 1. The summed E-state index contributed by atoms with van der Waals surface area (Å²) in [4.78, 5) is 29.1. The van der Waals surface area contributed by atoms with Crippen LogP contribution in [0, 0.1) is 0 Å². The molecule has 3 heterocycles. The Morgan fingerprint density at radius 2 is 2.07 bits per heavy atom.